The molecule has 0 fully saturated rings. The predicted molar refractivity (Wildman–Crippen MR) is 114 cm³/mol. The quantitative estimate of drug-likeness (QED) is 0.370. The zero-order valence-corrected chi connectivity index (χ0v) is 17.4. The molecule has 1 aromatic carbocycles. The van der Waals surface area contributed by atoms with Crippen LogP contribution < -0.4 is 22.1 Å². The fraction of sp³-hybridized carbons (Fsp3) is 0.143. The minimum atomic E-state index is -0.178. The van der Waals surface area contributed by atoms with Gasteiger partial charge in [0, 0.05) is 11.4 Å². The number of amides is 2. The molecule has 10 nitrogen and oxygen atoms in total. The second-order valence-corrected chi connectivity index (χ2v) is 9.53. The van der Waals surface area contributed by atoms with Crippen LogP contribution in [0.4, 0.5) is 21.6 Å². The van der Waals surface area contributed by atoms with E-state index in [-0.39, 0.29) is 23.3 Å². The van der Waals surface area contributed by atoms with E-state index in [1.165, 1.54) is 46.2 Å². The molecule has 0 bridgehead atoms. The Labute approximate surface area is 175 Å². The van der Waals surface area contributed by atoms with Crippen LogP contribution >= 0.6 is 46.2 Å². The highest BCUT2D eigenvalue weighted by molar-refractivity contribution is 8.02. The maximum absolute atomic E-state index is 12.0. The number of nitrogens with one attached hydrogen (secondary N) is 2. The van der Waals surface area contributed by atoms with Crippen LogP contribution in [0.1, 0.15) is 0 Å². The molecule has 0 aliphatic rings. The van der Waals surface area contributed by atoms with E-state index in [0.717, 1.165) is 0 Å². The number of hydrogen-bond donors (Lipinski definition) is 4. The Morgan fingerprint density at radius 3 is 1.50 bits per heavy atom. The molecule has 0 aliphatic carbocycles. The highest BCUT2D eigenvalue weighted by Gasteiger charge is 2.09. The Kier molecular flexibility index (Phi) is 7.02. The molecule has 2 amide bonds. The molecule has 0 unspecified atom stereocenters. The summed E-state index contributed by atoms with van der Waals surface area (Å²) in [5.41, 5.74) is 12.2. The molecule has 0 atom stereocenters. The van der Waals surface area contributed by atoms with Crippen molar-refractivity contribution in [3.63, 3.8) is 0 Å². The van der Waals surface area contributed by atoms with Crippen molar-refractivity contribution >= 4 is 79.6 Å². The first-order chi connectivity index (χ1) is 13.5. The van der Waals surface area contributed by atoms with Crippen LogP contribution in [-0.2, 0) is 9.59 Å². The van der Waals surface area contributed by atoms with Crippen LogP contribution in [-0.4, -0.2) is 43.7 Å². The first-order valence-electron chi connectivity index (χ1n) is 7.61. The number of anilines is 4. The summed E-state index contributed by atoms with van der Waals surface area (Å²) >= 11 is 4.99. The average Bonchev–Trinajstić information content (AvgIpc) is 3.28. The molecule has 3 rings (SSSR count). The number of nitrogens with two attached hydrogens (primary N) is 2. The van der Waals surface area contributed by atoms with Gasteiger partial charge in [0.1, 0.15) is 0 Å². The summed E-state index contributed by atoms with van der Waals surface area (Å²) in [4.78, 5) is 24.0. The van der Waals surface area contributed by atoms with Crippen LogP contribution in [0.15, 0.2) is 32.9 Å². The van der Waals surface area contributed by atoms with Gasteiger partial charge >= 0.3 is 0 Å². The molecule has 3 aromatic rings. The lowest BCUT2D eigenvalue weighted by Crippen LogP contribution is -2.15. The fourth-order valence-electron chi connectivity index (χ4n) is 1.84. The summed E-state index contributed by atoms with van der Waals surface area (Å²) in [5.74, 6) is 0.0348. The first kappa shape index (κ1) is 20.3. The topological polar surface area (TPSA) is 162 Å². The number of thioether (sulfide) groups is 2. The van der Waals surface area contributed by atoms with Crippen LogP contribution in [0.3, 0.4) is 0 Å². The Morgan fingerprint density at radius 2 is 1.18 bits per heavy atom. The van der Waals surface area contributed by atoms with Gasteiger partial charge in [-0.1, -0.05) is 46.2 Å². The summed E-state index contributed by atoms with van der Waals surface area (Å²) in [6.45, 7) is 0. The van der Waals surface area contributed by atoms with Gasteiger partial charge in [0.15, 0.2) is 8.68 Å². The van der Waals surface area contributed by atoms with E-state index in [1.54, 1.807) is 24.3 Å². The number of benzene rings is 1. The van der Waals surface area contributed by atoms with E-state index in [4.69, 9.17) is 11.5 Å². The first-order valence-corrected chi connectivity index (χ1v) is 11.2. The number of carbonyl (C=O) groups excluding carboxylic acids is 2. The molecule has 0 aliphatic heterocycles. The SMILES string of the molecule is Nc1nnc(SCC(=O)Nc2ccc(NC(=O)CSc3nnc(N)s3)cc2)s1. The molecule has 0 saturated heterocycles. The van der Waals surface area contributed by atoms with Crippen molar-refractivity contribution in [3.8, 4) is 0 Å². The number of carbonyl (C=O) groups is 2. The number of nitrogen functional groups attached to an aromatic ring is 2. The van der Waals surface area contributed by atoms with Gasteiger partial charge < -0.3 is 22.1 Å². The van der Waals surface area contributed by atoms with Gasteiger partial charge in [-0.2, -0.15) is 0 Å². The maximum atomic E-state index is 12.0. The third kappa shape index (κ3) is 6.33. The van der Waals surface area contributed by atoms with Crippen molar-refractivity contribution in [2.24, 2.45) is 0 Å². The third-order valence-corrected chi connectivity index (χ3v) is 6.72. The highest BCUT2D eigenvalue weighted by Crippen LogP contribution is 2.24. The molecular weight excluding hydrogens is 440 g/mol. The summed E-state index contributed by atoms with van der Waals surface area (Å²) in [5, 5.41) is 21.3. The fourth-order valence-corrected chi connectivity index (χ4v) is 4.72. The van der Waals surface area contributed by atoms with E-state index < -0.39 is 0 Å². The molecule has 0 spiro atoms. The number of rotatable bonds is 8. The maximum Gasteiger partial charge on any atom is 0.234 e. The van der Waals surface area contributed by atoms with Crippen LogP contribution in [0.2, 0.25) is 0 Å². The molecule has 0 radical (unpaired) electrons. The minimum absolute atomic E-state index is 0.178. The van der Waals surface area contributed by atoms with Gasteiger partial charge in [-0.15, -0.1) is 20.4 Å². The lowest BCUT2D eigenvalue weighted by molar-refractivity contribution is -0.114. The zero-order valence-electron chi connectivity index (χ0n) is 14.1. The van der Waals surface area contributed by atoms with E-state index >= 15 is 0 Å². The molecule has 146 valence electrons. The molecule has 0 saturated carbocycles. The summed E-state index contributed by atoms with van der Waals surface area (Å²) in [6, 6.07) is 6.83. The highest BCUT2D eigenvalue weighted by atomic mass is 32.2. The average molecular weight is 455 g/mol. The van der Waals surface area contributed by atoms with Crippen molar-refractivity contribution in [2.75, 3.05) is 33.6 Å². The Hall–Kier alpha value is -2.42. The normalized spacial score (nSPS) is 10.6. The lowest BCUT2D eigenvalue weighted by Gasteiger charge is -2.07. The van der Waals surface area contributed by atoms with Crippen molar-refractivity contribution in [1.82, 2.24) is 20.4 Å². The monoisotopic (exact) mass is 454 g/mol. The standard InChI is InChI=1S/C14H14N8O2S4/c15-11-19-21-13(27-11)25-5-9(23)17-7-1-2-8(4-3-7)18-10(24)6-26-14-22-20-12(16)28-14/h1-4H,5-6H2,(H2,15,19)(H2,16,20)(H,17,23)(H,18,24). The minimum Gasteiger partial charge on any atom is -0.374 e. The summed E-state index contributed by atoms with van der Waals surface area (Å²) in [6.07, 6.45) is 0. The van der Waals surface area contributed by atoms with Gasteiger partial charge in [0.25, 0.3) is 0 Å². The van der Waals surface area contributed by atoms with Crippen molar-refractivity contribution in [1.29, 1.82) is 0 Å². The zero-order chi connectivity index (χ0) is 19.9. The van der Waals surface area contributed by atoms with Gasteiger partial charge in [-0.25, -0.2) is 0 Å². The molecule has 2 aromatic heterocycles. The molecular formula is C14H14N8O2S4. The van der Waals surface area contributed by atoms with Gasteiger partial charge in [-0.3, -0.25) is 9.59 Å². The second-order valence-electron chi connectivity index (χ2n) is 5.06. The summed E-state index contributed by atoms with van der Waals surface area (Å²) in [7, 11) is 0. The second kappa shape index (κ2) is 9.68. The molecule has 6 N–H and O–H groups in total. The van der Waals surface area contributed by atoms with E-state index in [9.17, 15) is 9.59 Å². The largest absolute Gasteiger partial charge is 0.374 e. The number of aromatic nitrogens is 4. The van der Waals surface area contributed by atoms with Gasteiger partial charge in [0.2, 0.25) is 22.1 Å². The Bertz CT molecular complexity index is 881. The Balaban J connectivity index is 1.42. The van der Waals surface area contributed by atoms with Crippen LogP contribution in [0.25, 0.3) is 0 Å². The Morgan fingerprint density at radius 1 is 0.786 bits per heavy atom. The van der Waals surface area contributed by atoms with Crippen molar-refractivity contribution < 1.29 is 9.59 Å². The van der Waals surface area contributed by atoms with E-state index in [0.29, 0.717) is 30.3 Å². The van der Waals surface area contributed by atoms with Crippen molar-refractivity contribution in [3.05, 3.63) is 24.3 Å². The lowest BCUT2D eigenvalue weighted by atomic mass is 10.3. The summed E-state index contributed by atoms with van der Waals surface area (Å²) < 4.78 is 1.28. The van der Waals surface area contributed by atoms with E-state index in [2.05, 4.69) is 31.0 Å². The third-order valence-electron chi connectivity index (χ3n) is 2.95. The van der Waals surface area contributed by atoms with Gasteiger partial charge in [-0.05, 0) is 24.3 Å². The molecule has 14 heteroatoms. The van der Waals surface area contributed by atoms with Crippen LogP contribution in [0, 0.1) is 0 Å². The smallest absolute Gasteiger partial charge is 0.234 e. The predicted octanol–water partition coefficient (Wildman–Crippen LogP) is 2.02. The van der Waals surface area contributed by atoms with Gasteiger partial charge in [0.05, 0.1) is 11.5 Å². The number of nitrogens with zero attached hydrogens (tertiary/aromatic N) is 4. The number of hydrogen-bond acceptors (Lipinski definition) is 12. The van der Waals surface area contributed by atoms with E-state index in [1.807, 2.05) is 0 Å². The molecule has 2 heterocycles. The van der Waals surface area contributed by atoms with Crippen molar-refractivity contribution in [2.45, 2.75) is 8.68 Å². The molecule has 28 heavy (non-hydrogen) atoms. The van der Waals surface area contributed by atoms with Crippen LogP contribution in [0.5, 0.6) is 0 Å².